The molecule has 6 nitrogen and oxygen atoms in total. The van der Waals surface area contributed by atoms with Gasteiger partial charge in [-0.3, -0.25) is 4.79 Å². The van der Waals surface area contributed by atoms with Gasteiger partial charge in [0.2, 0.25) is 5.91 Å². The summed E-state index contributed by atoms with van der Waals surface area (Å²) in [5, 5.41) is 7.48. The highest BCUT2D eigenvalue weighted by Crippen LogP contribution is 2.26. The number of nitrogens with two attached hydrogens (primary N) is 1. The lowest BCUT2D eigenvalue weighted by atomic mass is 10.2. The van der Waals surface area contributed by atoms with Crippen molar-refractivity contribution in [2.75, 3.05) is 11.1 Å². The number of aryl methyl sites for hydroxylation is 1. The molecule has 0 saturated carbocycles. The molecule has 1 aromatic heterocycles. The predicted octanol–water partition coefficient (Wildman–Crippen LogP) is 2.17. The number of hydrogen-bond donors (Lipinski definition) is 2. The van der Waals surface area contributed by atoms with Crippen LogP contribution in [0.5, 0.6) is 0 Å². The van der Waals surface area contributed by atoms with Gasteiger partial charge in [0.15, 0.2) is 5.16 Å². The Morgan fingerprint density at radius 2 is 2.30 bits per heavy atom. The second kappa shape index (κ2) is 6.15. The van der Waals surface area contributed by atoms with Crippen LogP contribution in [0, 0.1) is 0 Å². The van der Waals surface area contributed by atoms with E-state index in [1.807, 2.05) is 0 Å². The minimum atomic E-state index is -0.327. The summed E-state index contributed by atoms with van der Waals surface area (Å²) in [7, 11) is 1.77. The molecule has 2 rings (SSSR count). The van der Waals surface area contributed by atoms with Crippen molar-refractivity contribution < 1.29 is 4.79 Å². The first kappa shape index (κ1) is 14.7. The zero-order valence-corrected chi connectivity index (χ0v) is 12.6. The lowest BCUT2D eigenvalue weighted by Gasteiger charge is -2.12. The molecule has 0 radical (unpaired) electrons. The highest BCUT2D eigenvalue weighted by molar-refractivity contribution is 8.00. The van der Waals surface area contributed by atoms with Crippen molar-refractivity contribution in [3.8, 4) is 0 Å². The summed E-state index contributed by atoms with van der Waals surface area (Å²) in [6.07, 6.45) is 1.45. The summed E-state index contributed by atoms with van der Waals surface area (Å²) in [4.78, 5) is 16.2. The number of nitrogen functional groups attached to an aromatic ring is 1. The van der Waals surface area contributed by atoms with Crippen LogP contribution in [0.3, 0.4) is 0 Å². The smallest absolute Gasteiger partial charge is 0.237 e. The van der Waals surface area contributed by atoms with E-state index in [1.54, 1.807) is 36.9 Å². The molecule has 1 aromatic carbocycles. The Labute approximate surface area is 125 Å². The van der Waals surface area contributed by atoms with E-state index in [9.17, 15) is 4.79 Å². The fraction of sp³-hybridized carbons (Fsp3) is 0.250. The summed E-state index contributed by atoms with van der Waals surface area (Å²) in [5.74, 6) is -0.162. The van der Waals surface area contributed by atoms with Crippen molar-refractivity contribution in [3.63, 3.8) is 0 Å². The number of nitrogens with one attached hydrogen (secondary N) is 1. The topological polar surface area (TPSA) is 85.8 Å². The van der Waals surface area contributed by atoms with Gasteiger partial charge >= 0.3 is 0 Å². The number of hydrogen-bond acceptors (Lipinski definition) is 5. The molecule has 1 amide bonds. The Bertz CT molecular complexity index is 630. The first-order valence-electron chi connectivity index (χ1n) is 5.84. The zero-order valence-electron chi connectivity index (χ0n) is 11.0. The highest BCUT2D eigenvalue weighted by Gasteiger charge is 2.18. The van der Waals surface area contributed by atoms with Crippen molar-refractivity contribution in [1.29, 1.82) is 0 Å². The van der Waals surface area contributed by atoms with Gasteiger partial charge in [-0.2, -0.15) is 5.10 Å². The van der Waals surface area contributed by atoms with Crippen LogP contribution < -0.4 is 11.1 Å². The van der Waals surface area contributed by atoms with Gasteiger partial charge in [-0.25, -0.2) is 9.67 Å². The number of thioether (sulfide) groups is 1. The van der Waals surface area contributed by atoms with Crippen LogP contribution >= 0.6 is 23.4 Å². The fourth-order valence-electron chi connectivity index (χ4n) is 1.47. The molecule has 0 bridgehead atoms. The van der Waals surface area contributed by atoms with Gasteiger partial charge in [-0.05, 0) is 25.1 Å². The average molecular weight is 312 g/mol. The molecule has 1 atom stereocenters. The van der Waals surface area contributed by atoms with Gasteiger partial charge < -0.3 is 11.1 Å². The van der Waals surface area contributed by atoms with E-state index in [0.717, 1.165) is 0 Å². The van der Waals surface area contributed by atoms with Crippen LogP contribution in [-0.4, -0.2) is 25.9 Å². The molecule has 0 saturated heterocycles. The van der Waals surface area contributed by atoms with E-state index in [2.05, 4.69) is 15.4 Å². The van der Waals surface area contributed by atoms with E-state index in [4.69, 9.17) is 17.3 Å². The molecule has 0 aliphatic heterocycles. The van der Waals surface area contributed by atoms with Gasteiger partial charge in [0, 0.05) is 12.7 Å². The monoisotopic (exact) mass is 311 g/mol. The number of amides is 1. The maximum Gasteiger partial charge on any atom is 0.237 e. The van der Waals surface area contributed by atoms with Gasteiger partial charge in [-0.1, -0.05) is 23.4 Å². The third kappa shape index (κ3) is 3.43. The van der Waals surface area contributed by atoms with Crippen molar-refractivity contribution in [2.45, 2.75) is 17.3 Å². The normalized spacial score (nSPS) is 12.2. The Morgan fingerprint density at radius 3 is 2.90 bits per heavy atom. The SMILES string of the molecule is CC(Sc1ncnn1C)C(=O)Nc1ccc(N)cc1Cl. The Kier molecular flexibility index (Phi) is 4.51. The number of benzene rings is 1. The van der Waals surface area contributed by atoms with Gasteiger partial charge in [-0.15, -0.1) is 0 Å². The van der Waals surface area contributed by atoms with E-state index >= 15 is 0 Å². The second-order valence-corrected chi connectivity index (χ2v) is 5.87. The largest absolute Gasteiger partial charge is 0.399 e. The molecular formula is C12H14ClN5OS. The van der Waals surface area contributed by atoms with E-state index in [-0.39, 0.29) is 11.2 Å². The van der Waals surface area contributed by atoms with E-state index in [1.165, 1.54) is 18.1 Å². The first-order valence-corrected chi connectivity index (χ1v) is 7.09. The minimum Gasteiger partial charge on any atom is -0.399 e. The maximum absolute atomic E-state index is 12.1. The highest BCUT2D eigenvalue weighted by atomic mass is 35.5. The van der Waals surface area contributed by atoms with Gasteiger partial charge in [0.1, 0.15) is 6.33 Å². The van der Waals surface area contributed by atoms with Crippen molar-refractivity contribution in [1.82, 2.24) is 14.8 Å². The molecule has 0 spiro atoms. The minimum absolute atomic E-state index is 0.162. The lowest BCUT2D eigenvalue weighted by molar-refractivity contribution is -0.115. The molecular weight excluding hydrogens is 298 g/mol. The first-order chi connectivity index (χ1) is 9.47. The fourth-order valence-corrected chi connectivity index (χ4v) is 2.50. The quantitative estimate of drug-likeness (QED) is 0.667. The standard InChI is InChI=1S/C12H14ClN5OS/c1-7(20-12-15-6-16-18(12)2)11(19)17-10-4-3-8(14)5-9(10)13/h3-7H,14H2,1-2H3,(H,17,19). The molecule has 20 heavy (non-hydrogen) atoms. The van der Waals surface area contributed by atoms with Crippen molar-refractivity contribution in [2.24, 2.45) is 7.05 Å². The Balaban J connectivity index is 2.02. The number of rotatable bonds is 4. The molecule has 106 valence electrons. The van der Waals surface area contributed by atoms with E-state index in [0.29, 0.717) is 21.6 Å². The van der Waals surface area contributed by atoms with E-state index < -0.39 is 0 Å². The van der Waals surface area contributed by atoms with Crippen LogP contribution in [0.25, 0.3) is 0 Å². The summed E-state index contributed by atoms with van der Waals surface area (Å²) < 4.78 is 1.62. The molecule has 0 aliphatic carbocycles. The zero-order chi connectivity index (χ0) is 14.7. The molecule has 1 heterocycles. The molecule has 0 aliphatic rings. The van der Waals surface area contributed by atoms with Crippen LogP contribution in [-0.2, 0) is 11.8 Å². The number of halogens is 1. The lowest BCUT2D eigenvalue weighted by Crippen LogP contribution is -2.23. The molecule has 0 fully saturated rings. The number of anilines is 2. The predicted molar refractivity (Wildman–Crippen MR) is 80.8 cm³/mol. The Hall–Kier alpha value is -1.73. The molecule has 8 heteroatoms. The number of aromatic nitrogens is 3. The van der Waals surface area contributed by atoms with Crippen molar-refractivity contribution in [3.05, 3.63) is 29.5 Å². The number of nitrogens with zero attached hydrogens (tertiary/aromatic N) is 3. The summed E-state index contributed by atoms with van der Waals surface area (Å²) in [6, 6.07) is 4.95. The Morgan fingerprint density at radius 1 is 1.55 bits per heavy atom. The average Bonchev–Trinajstić information content (AvgIpc) is 2.78. The summed E-state index contributed by atoms with van der Waals surface area (Å²) in [6.45, 7) is 1.79. The van der Waals surface area contributed by atoms with Crippen LogP contribution in [0.4, 0.5) is 11.4 Å². The van der Waals surface area contributed by atoms with Gasteiger partial charge in [0.25, 0.3) is 0 Å². The second-order valence-electron chi connectivity index (χ2n) is 4.15. The molecule has 3 N–H and O–H groups in total. The van der Waals surface area contributed by atoms with Crippen molar-refractivity contribution >= 4 is 40.6 Å². The van der Waals surface area contributed by atoms with Crippen LogP contribution in [0.1, 0.15) is 6.92 Å². The molecule has 2 aromatic rings. The van der Waals surface area contributed by atoms with Gasteiger partial charge in [0.05, 0.1) is 16.0 Å². The number of carbonyl (C=O) groups excluding carboxylic acids is 1. The van der Waals surface area contributed by atoms with Crippen LogP contribution in [0.15, 0.2) is 29.7 Å². The third-order valence-electron chi connectivity index (χ3n) is 2.57. The third-order valence-corrected chi connectivity index (χ3v) is 4.03. The summed E-state index contributed by atoms with van der Waals surface area (Å²) in [5.41, 5.74) is 6.69. The number of carbonyl (C=O) groups is 1. The maximum atomic E-state index is 12.1. The molecule has 1 unspecified atom stereocenters. The van der Waals surface area contributed by atoms with Crippen LogP contribution in [0.2, 0.25) is 5.02 Å². The summed E-state index contributed by atoms with van der Waals surface area (Å²) >= 11 is 7.34.